The largest absolute Gasteiger partial charge is 0.370 e. The Balaban J connectivity index is 2.24. The highest BCUT2D eigenvalue weighted by molar-refractivity contribution is 5.15. The lowest BCUT2D eigenvalue weighted by Gasteiger charge is -2.37. The smallest absolute Gasteiger partial charge is 0.150 e. The topological polar surface area (TPSA) is 36.9 Å². The van der Waals surface area contributed by atoms with Gasteiger partial charge in [0.1, 0.15) is 18.3 Å². The van der Waals surface area contributed by atoms with Crippen LogP contribution in [0.1, 0.15) is 34.6 Å². The molecule has 4 heteroatoms. The zero-order valence-electron chi connectivity index (χ0n) is 12.6. The molecule has 0 saturated carbocycles. The van der Waals surface area contributed by atoms with Crippen molar-refractivity contribution in [3.63, 3.8) is 0 Å². The maximum atomic E-state index is 6.17. The molecule has 0 spiro atoms. The Morgan fingerprint density at radius 2 is 1.95 bits per heavy atom. The van der Waals surface area contributed by atoms with Gasteiger partial charge in [-0.25, -0.2) is 0 Å². The van der Waals surface area contributed by atoms with E-state index in [1.54, 1.807) is 6.08 Å². The van der Waals surface area contributed by atoms with Crippen LogP contribution in [0.5, 0.6) is 0 Å². The SMILES string of the molecule is C=C[C@@H](OC(C)C)[C@@]12CO[C@@H]([C@H](C)O1)[C@@H]2OC(C)C. The summed E-state index contributed by atoms with van der Waals surface area (Å²) in [5.41, 5.74) is -0.555. The van der Waals surface area contributed by atoms with Gasteiger partial charge in [-0.05, 0) is 34.6 Å². The average Bonchev–Trinajstić information content (AvgIpc) is 2.77. The average molecular weight is 270 g/mol. The normalized spacial score (nSPS) is 39.2. The zero-order chi connectivity index (χ0) is 14.2. The fourth-order valence-electron chi connectivity index (χ4n) is 3.03. The van der Waals surface area contributed by atoms with Crippen molar-refractivity contribution in [3.05, 3.63) is 12.7 Å². The molecule has 2 bridgehead atoms. The second-order valence-corrected chi connectivity index (χ2v) is 6.00. The minimum Gasteiger partial charge on any atom is -0.370 e. The van der Waals surface area contributed by atoms with E-state index in [0.717, 1.165) is 0 Å². The lowest BCUT2D eigenvalue weighted by Crippen LogP contribution is -2.53. The van der Waals surface area contributed by atoms with Crippen molar-refractivity contribution in [1.82, 2.24) is 0 Å². The molecule has 0 aromatic carbocycles. The van der Waals surface area contributed by atoms with E-state index in [-0.39, 0.29) is 36.6 Å². The number of rotatable bonds is 6. The van der Waals surface area contributed by atoms with Gasteiger partial charge in [0.25, 0.3) is 0 Å². The number of hydrogen-bond donors (Lipinski definition) is 0. The van der Waals surface area contributed by atoms with Gasteiger partial charge in [0.2, 0.25) is 0 Å². The molecule has 2 rings (SSSR count). The van der Waals surface area contributed by atoms with E-state index in [4.69, 9.17) is 18.9 Å². The van der Waals surface area contributed by atoms with Crippen LogP contribution in [-0.2, 0) is 18.9 Å². The van der Waals surface area contributed by atoms with Gasteiger partial charge >= 0.3 is 0 Å². The first kappa shape index (κ1) is 15.0. The summed E-state index contributed by atoms with van der Waals surface area (Å²) in [6.45, 7) is 14.5. The van der Waals surface area contributed by atoms with Crippen LogP contribution in [0.2, 0.25) is 0 Å². The van der Waals surface area contributed by atoms with Gasteiger partial charge in [-0.2, -0.15) is 0 Å². The second-order valence-electron chi connectivity index (χ2n) is 6.00. The zero-order valence-corrected chi connectivity index (χ0v) is 12.6. The van der Waals surface area contributed by atoms with Crippen LogP contribution >= 0.6 is 0 Å². The molecular weight excluding hydrogens is 244 g/mol. The van der Waals surface area contributed by atoms with Gasteiger partial charge < -0.3 is 18.9 Å². The first-order valence-corrected chi connectivity index (χ1v) is 7.13. The van der Waals surface area contributed by atoms with E-state index >= 15 is 0 Å². The van der Waals surface area contributed by atoms with Crippen LogP contribution < -0.4 is 0 Å². The predicted octanol–water partition coefficient (Wildman–Crippen LogP) is 2.32. The number of hydrogen-bond acceptors (Lipinski definition) is 4. The van der Waals surface area contributed by atoms with Gasteiger partial charge in [0.05, 0.1) is 24.9 Å². The van der Waals surface area contributed by atoms with Gasteiger partial charge in [-0.3, -0.25) is 0 Å². The molecule has 0 aromatic rings. The summed E-state index contributed by atoms with van der Waals surface area (Å²) < 4.78 is 24.1. The molecule has 0 unspecified atom stereocenters. The Labute approximate surface area is 116 Å². The molecule has 2 aliphatic rings. The number of ether oxygens (including phenoxy) is 4. The molecule has 0 radical (unpaired) electrons. The molecule has 2 aliphatic heterocycles. The maximum absolute atomic E-state index is 6.17. The fourth-order valence-corrected chi connectivity index (χ4v) is 3.03. The van der Waals surface area contributed by atoms with Crippen LogP contribution in [0.25, 0.3) is 0 Å². The third-order valence-electron chi connectivity index (χ3n) is 3.68. The standard InChI is InChI=1S/C15H26O4/c1-7-12(17-9(2)3)15-8-16-13(11(6)19-15)14(15)18-10(4)5/h7,9-14H,1,8H2,2-6H3/t11-,12+,13-,14-,15+/m0/s1. The summed E-state index contributed by atoms with van der Waals surface area (Å²) in [4.78, 5) is 0. The highest BCUT2D eigenvalue weighted by atomic mass is 16.7. The first-order valence-electron chi connectivity index (χ1n) is 7.13. The van der Waals surface area contributed by atoms with E-state index in [2.05, 4.69) is 6.58 Å². The Hall–Kier alpha value is -0.420. The van der Waals surface area contributed by atoms with Crippen LogP contribution in [0.3, 0.4) is 0 Å². The van der Waals surface area contributed by atoms with Gasteiger partial charge in [0.15, 0.2) is 5.60 Å². The van der Waals surface area contributed by atoms with Crippen molar-refractivity contribution in [1.29, 1.82) is 0 Å². The van der Waals surface area contributed by atoms with Crippen LogP contribution in [0, 0.1) is 0 Å². The van der Waals surface area contributed by atoms with Crippen LogP contribution in [0.15, 0.2) is 12.7 Å². The van der Waals surface area contributed by atoms with Crippen LogP contribution in [0.4, 0.5) is 0 Å². The minimum atomic E-state index is -0.555. The number of fused-ring (bicyclic) bond motifs is 2. The monoisotopic (exact) mass is 270 g/mol. The molecule has 0 aliphatic carbocycles. The molecular formula is C15H26O4. The van der Waals surface area contributed by atoms with E-state index < -0.39 is 5.60 Å². The molecule has 5 atom stereocenters. The van der Waals surface area contributed by atoms with E-state index in [0.29, 0.717) is 6.61 Å². The Morgan fingerprint density at radius 3 is 2.42 bits per heavy atom. The summed E-state index contributed by atoms with van der Waals surface area (Å²) >= 11 is 0. The third kappa shape index (κ3) is 2.59. The molecule has 0 aromatic heterocycles. The Morgan fingerprint density at radius 1 is 1.26 bits per heavy atom. The molecule has 2 saturated heterocycles. The Bertz CT molecular complexity index is 328. The summed E-state index contributed by atoms with van der Waals surface area (Å²) in [5, 5.41) is 0. The lowest BCUT2D eigenvalue weighted by molar-refractivity contribution is -0.196. The highest BCUT2D eigenvalue weighted by Crippen LogP contribution is 2.45. The quantitative estimate of drug-likeness (QED) is 0.694. The molecule has 0 amide bonds. The molecule has 110 valence electrons. The third-order valence-corrected chi connectivity index (χ3v) is 3.68. The molecule has 0 N–H and O–H groups in total. The van der Waals surface area contributed by atoms with E-state index in [1.165, 1.54) is 0 Å². The van der Waals surface area contributed by atoms with Crippen molar-refractivity contribution in [3.8, 4) is 0 Å². The van der Waals surface area contributed by atoms with Crippen molar-refractivity contribution < 1.29 is 18.9 Å². The molecule has 19 heavy (non-hydrogen) atoms. The van der Waals surface area contributed by atoms with Gasteiger partial charge in [-0.1, -0.05) is 6.08 Å². The first-order chi connectivity index (χ1) is 8.90. The van der Waals surface area contributed by atoms with Gasteiger partial charge in [0, 0.05) is 0 Å². The van der Waals surface area contributed by atoms with E-state index in [9.17, 15) is 0 Å². The lowest BCUT2D eigenvalue weighted by atomic mass is 9.91. The maximum Gasteiger partial charge on any atom is 0.150 e. The van der Waals surface area contributed by atoms with Crippen molar-refractivity contribution >= 4 is 0 Å². The summed E-state index contributed by atoms with van der Waals surface area (Å²) in [7, 11) is 0. The summed E-state index contributed by atoms with van der Waals surface area (Å²) in [5.74, 6) is 0. The van der Waals surface area contributed by atoms with E-state index in [1.807, 2.05) is 34.6 Å². The Kier molecular flexibility index (Phi) is 4.35. The van der Waals surface area contributed by atoms with Crippen molar-refractivity contribution in [2.45, 2.75) is 76.8 Å². The minimum absolute atomic E-state index is 0.0133. The predicted molar refractivity (Wildman–Crippen MR) is 73.2 cm³/mol. The summed E-state index contributed by atoms with van der Waals surface area (Å²) in [6, 6.07) is 0. The van der Waals surface area contributed by atoms with Crippen molar-refractivity contribution in [2.75, 3.05) is 6.61 Å². The molecule has 2 heterocycles. The fraction of sp³-hybridized carbons (Fsp3) is 0.867. The van der Waals surface area contributed by atoms with Gasteiger partial charge in [-0.15, -0.1) is 6.58 Å². The molecule has 2 fully saturated rings. The summed E-state index contributed by atoms with van der Waals surface area (Å²) in [6.07, 6.45) is 1.75. The highest BCUT2D eigenvalue weighted by Gasteiger charge is 2.64. The van der Waals surface area contributed by atoms with Crippen LogP contribution in [-0.4, -0.2) is 48.8 Å². The molecule has 4 nitrogen and oxygen atoms in total. The second kappa shape index (κ2) is 5.52. The van der Waals surface area contributed by atoms with Crippen molar-refractivity contribution in [2.24, 2.45) is 0 Å².